The molecule has 2 aliphatic heterocycles. The van der Waals surface area contributed by atoms with E-state index in [9.17, 15) is 4.39 Å². The van der Waals surface area contributed by atoms with Crippen LogP contribution in [0.5, 0.6) is 0 Å². The Kier molecular flexibility index (Phi) is 4.30. The molecule has 0 radical (unpaired) electrons. The van der Waals surface area contributed by atoms with Gasteiger partial charge in [-0.1, -0.05) is 11.3 Å². The first-order chi connectivity index (χ1) is 12.3. The number of hydrogen-bond acceptors (Lipinski definition) is 6. The fourth-order valence-electron chi connectivity index (χ4n) is 2.94. The van der Waals surface area contributed by atoms with E-state index in [1.54, 1.807) is 16.0 Å². The number of hydrogen-bond donors (Lipinski definition) is 0. The first-order valence-corrected chi connectivity index (χ1v) is 9.45. The van der Waals surface area contributed by atoms with Crippen molar-refractivity contribution in [3.63, 3.8) is 0 Å². The van der Waals surface area contributed by atoms with E-state index in [1.165, 1.54) is 6.08 Å². The van der Waals surface area contributed by atoms with Gasteiger partial charge < -0.3 is 14.0 Å². The van der Waals surface area contributed by atoms with Gasteiger partial charge in [-0.15, -0.1) is 16.4 Å². The molecule has 138 valence electrons. The Balaban J connectivity index is 1.53. The van der Waals surface area contributed by atoms with Gasteiger partial charge in [-0.3, -0.25) is 0 Å². The van der Waals surface area contributed by atoms with Crippen molar-refractivity contribution in [1.82, 2.24) is 15.0 Å². The number of nitrogens with zero attached hydrogens (tertiary/aromatic N) is 3. The molecular weight excluding hydrogens is 356 g/mol. The Morgan fingerprint density at radius 3 is 2.73 bits per heavy atom. The van der Waals surface area contributed by atoms with Crippen LogP contribution in [0.15, 0.2) is 23.2 Å². The van der Waals surface area contributed by atoms with Gasteiger partial charge in [-0.2, -0.15) is 0 Å². The number of fused-ring (bicyclic) bond motifs is 1. The first-order valence-electron chi connectivity index (χ1n) is 8.57. The molecule has 1 saturated heterocycles. The van der Waals surface area contributed by atoms with E-state index < -0.39 is 24.0 Å². The summed E-state index contributed by atoms with van der Waals surface area (Å²) in [5, 5.41) is 10.3. The fraction of sp³-hybridized carbons (Fsp3) is 0.529. The summed E-state index contributed by atoms with van der Waals surface area (Å²) in [6, 6.07) is 4.03. The quantitative estimate of drug-likeness (QED) is 0.766. The molecular formula is C17H21BFN3O3S. The number of rotatable bonds is 3. The van der Waals surface area contributed by atoms with Gasteiger partial charge in [0.2, 0.25) is 0 Å². The van der Waals surface area contributed by atoms with Crippen LogP contribution in [0.4, 0.5) is 4.39 Å². The van der Waals surface area contributed by atoms with E-state index in [0.29, 0.717) is 18.8 Å². The second-order valence-corrected chi connectivity index (χ2v) is 8.52. The van der Waals surface area contributed by atoms with Crippen LogP contribution in [0, 0.1) is 0 Å². The Morgan fingerprint density at radius 2 is 2.08 bits per heavy atom. The molecule has 4 rings (SSSR count). The van der Waals surface area contributed by atoms with Gasteiger partial charge in [-0.25, -0.2) is 9.07 Å². The summed E-state index contributed by atoms with van der Waals surface area (Å²) in [5.74, 6) is 0. The molecule has 0 bridgehead atoms. The highest BCUT2D eigenvalue weighted by Gasteiger charge is 2.53. The average Bonchev–Trinajstić information content (AvgIpc) is 3.27. The van der Waals surface area contributed by atoms with Crippen molar-refractivity contribution in [3.8, 4) is 0 Å². The molecule has 0 N–H and O–H groups in total. The zero-order chi connectivity index (χ0) is 18.5. The van der Waals surface area contributed by atoms with E-state index in [2.05, 4.69) is 10.3 Å². The second-order valence-electron chi connectivity index (χ2n) is 7.54. The average molecular weight is 377 g/mol. The maximum atomic E-state index is 14.7. The third-order valence-corrected chi connectivity index (χ3v) is 6.21. The maximum Gasteiger partial charge on any atom is 0.525 e. The standard InChI is InChI=1S/C17H21BFN3O3S/c1-16(2)17(3,4)25-18(24-16)15(19)8-11-12-10-23-13(9-22(12)21-20-11)14-6-5-7-26-14/h5-8,13H,9-10H2,1-4H3. The van der Waals surface area contributed by atoms with Crippen LogP contribution in [-0.4, -0.2) is 33.3 Å². The first kappa shape index (κ1) is 17.8. The lowest BCUT2D eigenvalue weighted by Crippen LogP contribution is -2.41. The molecule has 2 aliphatic rings. The predicted molar refractivity (Wildman–Crippen MR) is 97.0 cm³/mol. The van der Waals surface area contributed by atoms with Crippen molar-refractivity contribution in [2.75, 3.05) is 0 Å². The van der Waals surface area contributed by atoms with Gasteiger partial charge in [0.15, 0.2) is 0 Å². The number of aromatic nitrogens is 3. The van der Waals surface area contributed by atoms with Crippen LogP contribution in [0.2, 0.25) is 0 Å². The summed E-state index contributed by atoms with van der Waals surface area (Å²) >= 11 is 1.65. The Bertz CT molecular complexity index is 818. The Hall–Kier alpha value is -1.55. The molecule has 2 aromatic rings. The maximum absolute atomic E-state index is 14.7. The Morgan fingerprint density at radius 1 is 1.35 bits per heavy atom. The van der Waals surface area contributed by atoms with Crippen molar-refractivity contribution in [2.45, 2.75) is 58.2 Å². The van der Waals surface area contributed by atoms with Crippen molar-refractivity contribution < 1.29 is 18.4 Å². The van der Waals surface area contributed by atoms with Crippen molar-refractivity contribution in [1.29, 1.82) is 0 Å². The monoisotopic (exact) mass is 377 g/mol. The summed E-state index contributed by atoms with van der Waals surface area (Å²) in [6.45, 7) is 8.45. The minimum absolute atomic E-state index is 0.0472. The van der Waals surface area contributed by atoms with Crippen LogP contribution in [0.25, 0.3) is 6.08 Å². The van der Waals surface area contributed by atoms with Crippen molar-refractivity contribution in [3.05, 3.63) is 39.5 Å². The van der Waals surface area contributed by atoms with Gasteiger partial charge in [0.1, 0.15) is 17.5 Å². The molecule has 9 heteroatoms. The van der Waals surface area contributed by atoms with Gasteiger partial charge in [0, 0.05) is 4.88 Å². The minimum atomic E-state index is -1.04. The van der Waals surface area contributed by atoms with Gasteiger partial charge in [-0.05, 0) is 45.2 Å². The molecule has 26 heavy (non-hydrogen) atoms. The van der Waals surface area contributed by atoms with E-state index in [0.717, 1.165) is 10.6 Å². The molecule has 1 unspecified atom stereocenters. The van der Waals surface area contributed by atoms with E-state index in [1.807, 2.05) is 45.2 Å². The van der Waals surface area contributed by atoms with Crippen LogP contribution >= 0.6 is 11.3 Å². The predicted octanol–water partition coefficient (Wildman–Crippen LogP) is 3.55. The fourth-order valence-corrected chi connectivity index (χ4v) is 3.71. The third kappa shape index (κ3) is 3.02. The van der Waals surface area contributed by atoms with E-state index in [4.69, 9.17) is 14.0 Å². The summed E-state index contributed by atoms with van der Waals surface area (Å²) in [6.07, 6.45) is 1.28. The lowest BCUT2D eigenvalue weighted by atomic mass is 9.87. The lowest BCUT2D eigenvalue weighted by molar-refractivity contribution is 0.000716. The summed E-state index contributed by atoms with van der Waals surface area (Å²) in [7, 11) is -1.04. The molecule has 0 spiro atoms. The highest BCUT2D eigenvalue weighted by Crippen LogP contribution is 2.39. The lowest BCUT2D eigenvalue weighted by Gasteiger charge is -2.32. The van der Waals surface area contributed by atoms with Gasteiger partial charge in [0.05, 0.1) is 30.0 Å². The Labute approximate surface area is 156 Å². The van der Waals surface area contributed by atoms with E-state index in [-0.39, 0.29) is 6.10 Å². The highest BCUT2D eigenvalue weighted by molar-refractivity contribution is 7.10. The zero-order valence-electron chi connectivity index (χ0n) is 15.2. The van der Waals surface area contributed by atoms with Crippen molar-refractivity contribution >= 4 is 24.5 Å². The summed E-state index contributed by atoms with van der Waals surface area (Å²) in [5.41, 5.74) is -0.504. The molecule has 6 nitrogen and oxygen atoms in total. The normalized spacial score (nSPS) is 24.7. The minimum Gasteiger partial charge on any atom is -0.398 e. The van der Waals surface area contributed by atoms with Gasteiger partial charge in [0.25, 0.3) is 0 Å². The molecule has 0 amide bonds. The molecule has 1 fully saturated rings. The largest absolute Gasteiger partial charge is 0.525 e. The molecule has 1 atom stereocenters. The molecule has 2 aromatic heterocycles. The number of ether oxygens (including phenoxy) is 1. The topological polar surface area (TPSA) is 58.4 Å². The number of thiophene rings is 1. The van der Waals surface area contributed by atoms with Crippen molar-refractivity contribution in [2.24, 2.45) is 0 Å². The van der Waals surface area contributed by atoms with Gasteiger partial charge >= 0.3 is 7.12 Å². The molecule has 4 heterocycles. The second kappa shape index (κ2) is 6.26. The van der Waals surface area contributed by atoms with E-state index >= 15 is 0 Å². The van der Waals surface area contributed by atoms with Crippen LogP contribution in [0.1, 0.15) is 50.1 Å². The highest BCUT2D eigenvalue weighted by atomic mass is 32.1. The van der Waals surface area contributed by atoms with Crippen LogP contribution < -0.4 is 0 Å². The molecule has 0 aliphatic carbocycles. The zero-order valence-corrected chi connectivity index (χ0v) is 16.0. The van der Waals surface area contributed by atoms with Crippen LogP contribution in [-0.2, 0) is 27.2 Å². The SMILES string of the molecule is CC1(C)OB(C(F)=Cc2nnn3c2COC(c2cccs2)C3)OC1(C)C. The molecule has 0 aromatic carbocycles. The molecule has 0 saturated carbocycles. The van der Waals surface area contributed by atoms with Crippen LogP contribution in [0.3, 0.4) is 0 Å². The summed E-state index contributed by atoms with van der Waals surface area (Å²) in [4.78, 5) is 1.15. The summed E-state index contributed by atoms with van der Waals surface area (Å²) < 4.78 is 33.9. The number of halogens is 1. The third-order valence-electron chi connectivity index (χ3n) is 5.24. The smallest absolute Gasteiger partial charge is 0.398 e.